The van der Waals surface area contributed by atoms with E-state index in [2.05, 4.69) is 15.8 Å². The Hall–Kier alpha value is -2.20. The lowest BCUT2D eigenvalue weighted by atomic mass is 9.98. The molecule has 0 radical (unpaired) electrons. The number of nitrogens with one attached hydrogen (secondary N) is 2. The van der Waals surface area contributed by atoms with Gasteiger partial charge < -0.3 is 0 Å². The number of halogens is 2. The third-order valence-electron chi connectivity index (χ3n) is 4.58. The molecule has 154 valence electrons. The number of piperidine rings is 1. The van der Waals surface area contributed by atoms with Crippen LogP contribution < -0.4 is 10.9 Å². The third kappa shape index (κ3) is 4.87. The van der Waals surface area contributed by atoms with Crippen molar-refractivity contribution in [3.05, 3.63) is 58.3 Å². The highest BCUT2D eigenvalue weighted by molar-refractivity contribution is 7.89. The molecule has 11 heteroatoms. The summed E-state index contributed by atoms with van der Waals surface area (Å²) >= 11 is 12.1. The van der Waals surface area contributed by atoms with Crippen molar-refractivity contribution in [2.75, 3.05) is 13.1 Å². The zero-order chi connectivity index (χ0) is 21.0. The quantitative estimate of drug-likeness (QED) is 0.685. The van der Waals surface area contributed by atoms with Gasteiger partial charge in [0.25, 0.3) is 5.91 Å². The number of aromatic nitrogens is 1. The summed E-state index contributed by atoms with van der Waals surface area (Å²) < 4.78 is 27.0. The zero-order valence-corrected chi connectivity index (χ0v) is 17.5. The second kappa shape index (κ2) is 9.08. The van der Waals surface area contributed by atoms with Gasteiger partial charge in [0, 0.05) is 37.0 Å². The van der Waals surface area contributed by atoms with E-state index in [9.17, 15) is 18.0 Å². The van der Waals surface area contributed by atoms with E-state index in [-0.39, 0.29) is 33.9 Å². The average molecular weight is 457 g/mol. The fourth-order valence-corrected chi connectivity index (χ4v) is 5.57. The highest BCUT2D eigenvalue weighted by Gasteiger charge is 2.34. The molecule has 8 nitrogen and oxygen atoms in total. The lowest BCUT2D eigenvalue weighted by Crippen LogP contribution is -2.48. The van der Waals surface area contributed by atoms with Crippen molar-refractivity contribution < 1.29 is 18.0 Å². The minimum atomic E-state index is -3.87. The summed E-state index contributed by atoms with van der Waals surface area (Å²) in [7, 11) is -3.87. The Balaban J connectivity index is 1.57. The minimum absolute atomic E-state index is 0.0520. The maximum Gasteiger partial charge on any atom is 0.269 e. The summed E-state index contributed by atoms with van der Waals surface area (Å²) in [6, 6.07) is 7.54. The first-order valence-corrected chi connectivity index (χ1v) is 10.9. The van der Waals surface area contributed by atoms with Gasteiger partial charge >= 0.3 is 0 Å². The number of hydrogen-bond acceptors (Lipinski definition) is 5. The minimum Gasteiger partial charge on any atom is -0.273 e. The van der Waals surface area contributed by atoms with Crippen molar-refractivity contribution in [2.24, 2.45) is 5.92 Å². The Labute approximate surface area is 178 Å². The number of rotatable bonds is 4. The van der Waals surface area contributed by atoms with Crippen molar-refractivity contribution >= 4 is 45.0 Å². The normalized spacial score (nSPS) is 15.7. The van der Waals surface area contributed by atoms with Gasteiger partial charge in [0.2, 0.25) is 15.9 Å². The first-order chi connectivity index (χ1) is 13.8. The summed E-state index contributed by atoms with van der Waals surface area (Å²) in [5.74, 6) is -1.27. The van der Waals surface area contributed by atoms with Crippen LogP contribution in [-0.4, -0.2) is 42.6 Å². The van der Waals surface area contributed by atoms with Gasteiger partial charge in [-0.1, -0.05) is 29.3 Å². The van der Waals surface area contributed by atoms with Crippen molar-refractivity contribution in [1.29, 1.82) is 0 Å². The van der Waals surface area contributed by atoms with Gasteiger partial charge in [0.05, 0.1) is 10.0 Å². The average Bonchev–Trinajstić information content (AvgIpc) is 2.72. The molecule has 0 spiro atoms. The van der Waals surface area contributed by atoms with E-state index in [1.807, 2.05) is 0 Å². The number of hydrazine groups is 1. The van der Waals surface area contributed by atoms with Crippen LogP contribution >= 0.6 is 23.2 Å². The van der Waals surface area contributed by atoms with Gasteiger partial charge in [-0.25, -0.2) is 8.42 Å². The maximum atomic E-state index is 12.9. The van der Waals surface area contributed by atoms with Crippen LogP contribution in [0.1, 0.15) is 23.2 Å². The van der Waals surface area contributed by atoms with Gasteiger partial charge in [-0.2, -0.15) is 4.31 Å². The molecule has 2 N–H and O–H groups in total. The molecule has 0 atom stereocenters. The van der Waals surface area contributed by atoms with Crippen molar-refractivity contribution in [3.8, 4) is 0 Å². The Kier molecular flexibility index (Phi) is 6.74. The van der Waals surface area contributed by atoms with Crippen LogP contribution in [0.25, 0.3) is 0 Å². The fraction of sp³-hybridized carbons (Fsp3) is 0.278. The van der Waals surface area contributed by atoms with Crippen LogP contribution in [0, 0.1) is 5.92 Å². The zero-order valence-electron chi connectivity index (χ0n) is 15.1. The molecule has 29 heavy (non-hydrogen) atoms. The van der Waals surface area contributed by atoms with Gasteiger partial charge in [-0.3, -0.25) is 25.4 Å². The second-order valence-electron chi connectivity index (χ2n) is 6.41. The van der Waals surface area contributed by atoms with Crippen LogP contribution in [-0.2, 0) is 14.8 Å². The summed E-state index contributed by atoms with van der Waals surface area (Å²) in [5.41, 5.74) is 5.09. The summed E-state index contributed by atoms with van der Waals surface area (Å²) in [6.45, 7) is 0.278. The van der Waals surface area contributed by atoms with Crippen LogP contribution in [0.4, 0.5) is 0 Å². The van der Waals surface area contributed by atoms with Crippen LogP contribution in [0.3, 0.4) is 0 Å². The SMILES string of the molecule is O=C(NNC(=O)C1CCN(S(=O)(=O)c2c(Cl)cccc2Cl)CC1)c1ccncc1. The number of hydrogen-bond donors (Lipinski definition) is 2. The van der Waals surface area contributed by atoms with E-state index in [1.165, 1.54) is 41.0 Å². The van der Waals surface area contributed by atoms with E-state index < -0.39 is 21.8 Å². The maximum absolute atomic E-state index is 12.9. The van der Waals surface area contributed by atoms with Crippen molar-refractivity contribution in [1.82, 2.24) is 20.1 Å². The van der Waals surface area contributed by atoms with Crippen LogP contribution in [0.5, 0.6) is 0 Å². The van der Waals surface area contributed by atoms with E-state index in [4.69, 9.17) is 23.2 Å². The summed E-state index contributed by atoms with van der Waals surface area (Å²) in [4.78, 5) is 28.0. The molecule has 3 rings (SSSR count). The van der Waals surface area contributed by atoms with E-state index in [0.29, 0.717) is 18.4 Å². The summed E-state index contributed by atoms with van der Waals surface area (Å²) in [6.07, 6.45) is 3.55. The van der Waals surface area contributed by atoms with Gasteiger partial charge in [0.1, 0.15) is 4.90 Å². The first-order valence-electron chi connectivity index (χ1n) is 8.75. The molecule has 1 aromatic heterocycles. The molecule has 0 saturated carbocycles. The summed E-state index contributed by atoms with van der Waals surface area (Å²) in [5, 5.41) is 0.104. The topological polar surface area (TPSA) is 108 Å². The van der Waals surface area contributed by atoms with Gasteiger partial charge in [0.15, 0.2) is 0 Å². The monoisotopic (exact) mass is 456 g/mol. The predicted molar refractivity (Wildman–Crippen MR) is 108 cm³/mol. The number of amides is 2. The lowest BCUT2D eigenvalue weighted by Gasteiger charge is -2.31. The van der Waals surface area contributed by atoms with Crippen molar-refractivity contribution in [3.63, 3.8) is 0 Å². The molecule has 2 heterocycles. The molecule has 0 aliphatic carbocycles. The fourth-order valence-electron chi connectivity index (χ4n) is 3.01. The Morgan fingerprint density at radius 2 is 1.59 bits per heavy atom. The van der Waals surface area contributed by atoms with Crippen LogP contribution in [0.15, 0.2) is 47.6 Å². The lowest BCUT2D eigenvalue weighted by molar-refractivity contribution is -0.126. The molecule has 2 amide bonds. The van der Waals surface area contributed by atoms with E-state index in [1.54, 1.807) is 6.07 Å². The molecule has 2 aromatic rings. The third-order valence-corrected chi connectivity index (χ3v) is 7.44. The number of pyridine rings is 1. The number of nitrogens with zero attached hydrogens (tertiary/aromatic N) is 2. The predicted octanol–water partition coefficient (Wildman–Crippen LogP) is 2.25. The molecule has 1 aromatic carbocycles. The number of carbonyl (C=O) groups excluding carboxylic acids is 2. The smallest absolute Gasteiger partial charge is 0.269 e. The number of sulfonamides is 1. The molecular weight excluding hydrogens is 439 g/mol. The number of carbonyl (C=O) groups is 2. The molecule has 1 aliphatic heterocycles. The van der Waals surface area contributed by atoms with E-state index in [0.717, 1.165) is 0 Å². The highest BCUT2D eigenvalue weighted by Crippen LogP contribution is 2.33. The molecule has 1 saturated heterocycles. The Morgan fingerprint density at radius 1 is 1.00 bits per heavy atom. The standard InChI is InChI=1S/C18H18Cl2N4O4S/c19-14-2-1-3-15(20)16(14)29(27,28)24-10-6-13(7-11-24)18(26)23-22-17(25)12-4-8-21-9-5-12/h1-5,8-9,13H,6-7,10-11H2,(H,22,25)(H,23,26). The Bertz CT molecular complexity index is 990. The highest BCUT2D eigenvalue weighted by atomic mass is 35.5. The number of benzene rings is 1. The molecule has 1 fully saturated rings. The van der Waals surface area contributed by atoms with E-state index >= 15 is 0 Å². The second-order valence-corrected chi connectivity index (χ2v) is 9.10. The Morgan fingerprint density at radius 3 is 2.17 bits per heavy atom. The molecule has 0 bridgehead atoms. The molecule has 0 unspecified atom stereocenters. The molecular formula is C18H18Cl2N4O4S. The van der Waals surface area contributed by atoms with Gasteiger partial charge in [-0.15, -0.1) is 0 Å². The van der Waals surface area contributed by atoms with Crippen LogP contribution in [0.2, 0.25) is 10.0 Å². The largest absolute Gasteiger partial charge is 0.273 e. The first kappa shape index (κ1) is 21.5. The van der Waals surface area contributed by atoms with Crippen molar-refractivity contribution in [2.45, 2.75) is 17.7 Å². The van der Waals surface area contributed by atoms with Gasteiger partial charge in [-0.05, 0) is 37.1 Å². The molecule has 1 aliphatic rings.